The molecule has 0 aromatic carbocycles. The molecule has 0 bridgehead atoms. The maximum Gasteiger partial charge on any atom is 0.0639 e. The van der Waals surface area contributed by atoms with Gasteiger partial charge in [0.05, 0.1) is 6.61 Å². The van der Waals surface area contributed by atoms with E-state index in [1.165, 1.54) is 44.9 Å². The quantitative estimate of drug-likeness (QED) is 0.437. The monoisotopic (exact) mass is 198 g/mol. The first-order chi connectivity index (χ1) is 6.81. The standard InChI is InChI=1S/C13H26O/c1-3-4-5-6-7-8-9-10-11-13(2)12-14/h11,14H,3-10,12H2,1-2H3. The molecule has 84 valence electrons. The zero-order valence-electron chi connectivity index (χ0n) is 9.89. The summed E-state index contributed by atoms with van der Waals surface area (Å²) >= 11 is 0. The molecule has 0 aromatic heterocycles. The predicted molar refractivity (Wildman–Crippen MR) is 63.5 cm³/mol. The van der Waals surface area contributed by atoms with E-state index >= 15 is 0 Å². The van der Waals surface area contributed by atoms with E-state index in [1.807, 2.05) is 6.92 Å². The Hall–Kier alpha value is -0.300. The van der Waals surface area contributed by atoms with Crippen LogP contribution >= 0.6 is 0 Å². The van der Waals surface area contributed by atoms with E-state index in [0.717, 1.165) is 12.0 Å². The van der Waals surface area contributed by atoms with Gasteiger partial charge in [0.2, 0.25) is 0 Å². The van der Waals surface area contributed by atoms with Gasteiger partial charge in [-0.15, -0.1) is 0 Å². The van der Waals surface area contributed by atoms with Gasteiger partial charge in [-0.1, -0.05) is 57.1 Å². The number of allylic oxidation sites excluding steroid dienone is 1. The Morgan fingerprint density at radius 3 is 2.14 bits per heavy atom. The van der Waals surface area contributed by atoms with Crippen LogP contribution < -0.4 is 0 Å². The minimum atomic E-state index is 0.219. The normalized spacial score (nSPS) is 12.1. The Labute approximate surface area is 89.2 Å². The number of unbranched alkanes of at least 4 members (excludes halogenated alkanes) is 7. The first-order valence-electron chi connectivity index (χ1n) is 6.07. The second-order valence-electron chi connectivity index (χ2n) is 4.12. The third-order valence-electron chi connectivity index (χ3n) is 2.55. The molecule has 1 heteroatoms. The molecule has 0 radical (unpaired) electrons. The number of aliphatic hydroxyl groups is 1. The summed E-state index contributed by atoms with van der Waals surface area (Å²) < 4.78 is 0. The number of hydrogen-bond donors (Lipinski definition) is 1. The van der Waals surface area contributed by atoms with Crippen molar-refractivity contribution in [3.05, 3.63) is 11.6 Å². The average molecular weight is 198 g/mol. The summed E-state index contributed by atoms with van der Waals surface area (Å²) in [6.07, 6.45) is 12.8. The van der Waals surface area contributed by atoms with Gasteiger partial charge in [0.15, 0.2) is 0 Å². The lowest BCUT2D eigenvalue weighted by Crippen LogP contribution is -1.84. The Balaban J connectivity index is 3.06. The van der Waals surface area contributed by atoms with Crippen LogP contribution in [0.3, 0.4) is 0 Å². The van der Waals surface area contributed by atoms with Crippen LogP contribution in [0.5, 0.6) is 0 Å². The molecule has 0 aliphatic heterocycles. The van der Waals surface area contributed by atoms with Crippen molar-refractivity contribution in [1.29, 1.82) is 0 Å². The van der Waals surface area contributed by atoms with Crippen LogP contribution in [-0.4, -0.2) is 11.7 Å². The molecule has 0 amide bonds. The van der Waals surface area contributed by atoms with Crippen LogP contribution in [0, 0.1) is 0 Å². The van der Waals surface area contributed by atoms with E-state index in [4.69, 9.17) is 5.11 Å². The van der Waals surface area contributed by atoms with Crippen molar-refractivity contribution in [2.75, 3.05) is 6.61 Å². The highest BCUT2D eigenvalue weighted by Crippen LogP contribution is 2.09. The fraction of sp³-hybridized carbons (Fsp3) is 0.846. The van der Waals surface area contributed by atoms with Crippen LogP contribution in [-0.2, 0) is 0 Å². The molecule has 0 rings (SSSR count). The molecule has 0 unspecified atom stereocenters. The fourth-order valence-corrected chi connectivity index (χ4v) is 1.51. The highest BCUT2D eigenvalue weighted by atomic mass is 16.3. The highest BCUT2D eigenvalue weighted by Gasteiger charge is 1.90. The Kier molecular flexibility index (Phi) is 10.5. The molecular formula is C13H26O. The molecule has 0 atom stereocenters. The van der Waals surface area contributed by atoms with Crippen LogP contribution in [0.15, 0.2) is 11.6 Å². The molecule has 0 aliphatic rings. The maximum absolute atomic E-state index is 8.77. The van der Waals surface area contributed by atoms with Gasteiger partial charge in [-0.05, 0) is 19.8 Å². The molecule has 0 aromatic rings. The van der Waals surface area contributed by atoms with Crippen molar-refractivity contribution < 1.29 is 5.11 Å². The highest BCUT2D eigenvalue weighted by molar-refractivity contribution is 4.97. The zero-order valence-corrected chi connectivity index (χ0v) is 9.89. The summed E-state index contributed by atoms with van der Waals surface area (Å²) in [5, 5.41) is 8.77. The molecular weight excluding hydrogens is 172 g/mol. The van der Waals surface area contributed by atoms with Crippen molar-refractivity contribution in [1.82, 2.24) is 0 Å². The molecule has 0 aliphatic carbocycles. The summed E-state index contributed by atoms with van der Waals surface area (Å²) in [4.78, 5) is 0. The topological polar surface area (TPSA) is 20.2 Å². The molecule has 0 saturated heterocycles. The summed E-state index contributed by atoms with van der Waals surface area (Å²) in [7, 11) is 0. The number of rotatable bonds is 9. The van der Waals surface area contributed by atoms with E-state index in [-0.39, 0.29) is 6.61 Å². The summed E-state index contributed by atoms with van der Waals surface area (Å²) in [6.45, 7) is 4.46. The van der Waals surface area contributed by atoms with E-state index in [0.29, 0.717) is 0 Å². The fourth-order valence-electron chi connectivity index (χ4n) is 1.51. The van der Waals surface area contributed by atoms with Crippen molar-refractivity contribution >= 4 is 0 Å². The van der Waals surface area contributed by atoms with Crippen LogP contribution in [0.25, 0.3) is 0 Å². The molecule has 0 saturated carbocycles. The van der Waals surface area contributed by atoms with Crippen LogP contribution in [0.1, 0.15) is 65.2 Å². The van der Waals surface area contributed by atoms with Gasteiger partial charge < -0.3 is 5.11 Å². The molecule has 1 nitrogen and oxygen atoms in total. The Morgan fingerprint density at radius 1 is 1.00 bits per heavy atom. The van der Waals surface area contributed by atoms with Gasteiger partial charge in [0.1, 0.15) is 0 Å². The van der Waals surface area contributed by atoms with Gasteiger partial charge in [-0.3, -0.25) is 0 Å². The predicted octanol–water partition coefficient (Wildman–Crippen LogP) is 4.07. The van der Waals surface area contributed by atoms with E-state index < -0.39 is 0 Å². The molecule has 0 fully saturated rings. The van der Waals surface area contributed by atoms with Gasteiger partial charge in [0.25, 0.3) is 0 Å². The molecule has 0 spiro atoms. The molecule has 14 heavy (non-hydrogen) atoms. The van der Waals surface area contributed by atoms with Gasteiger partial charge >= 0.3 is 0 Å². The number of hydrogen-bond acceptors (Lipinski definition) is 1. The van der Waals surface area contributed by atoms with Gasteiger partial charge in [-0.2, -0.15) is 0 Å². The summed E-state index contributed by atoms with van der Waals surface area (Å²) in [5.74, 6) is 0. The molecule has 1 N–H and O–H groups in total. The first-order valence-corrected chi connectivity index (χ1v) is 6.07. The van der Waals surface area contributed by atoms with Crippen molar-refractivity contribution in [3.63, 3.8) is 0 Å². The lowest BCUT2D eigenvalue weighted by atomic mass is 10.1. The second-order valence-corrected chi connectivity index (χ2v) is 4.12. The maximum atomic E-state index is 8.77. The summed E-state index contributed by atoms with van der Waals surface area (Å²) in [5.41, 5.74) is 1.11. The van der Waals surface area contributed by atoms with Crippen molar-refractivity contribution in [3.8, 4) is 0 Å². The van der Waals surface area contributed by atoms with Crippen molar-refractivity contribution in [2.24, 2.45) is 0 Å². The Morgan fingerprint density at radius 2 is 1.57 bits per heavy atom. The van der Waals surface area contributed by atoms with Crippen LogP contribution in [0.4, 0.5) is 0 Å². The zero-order chi connectivity index (χ0) is 10.6. The SMILES string of the molecule is CCCCCCCCCC=C(C)CO. The van der Waals surface area contributed by atoms with Crippen molar-refractivity contribution in [2.45, 2.75) is 65.2 Å². The van der Waals surface area contributed by atoms with E-state index in [9.17, 15) is 0 Å². The third kappa shape index (κ3) is 9.79. The molecule has 0 heterocycles. The Bertz CT molecular complexity index is 138. The van der Waals surface area contributed by atoms with Crippen LogP contribution in [0.2, 0.25) is 0 Å². The van der Waals surface area contributed by atoms with Gasteiger partial charge in [0, 0.05) is 0 Å². The summed E-state index contributed by atoms with van der Waals surface area (Å²) in [6, 6.07) is 0. The largest absolute Gasteiger partial charge is 0.392 e. The minimum absolute atomic E-state index is 0.219. The van der Waals surface area contributed by atoms with E-state index in [1.54, 1.807) is 0 Å². The smallest absolute Gasteiger partial charge is 0.0639 e. The number of aliphatic hydroxyl groups excluding tert-OH is 1. The average Bonchev–Trinajstić information content (AvgIpc) is 2.21. The van der Waals surface area contributed by atoms with Gasteiger partial charge in [-0.25, -0.2) is 0 Å². The van der Waals surface area contributed by atoms with E-state index in [2.05, 4.69) is 13.0 Å². The third-order valence-corrected chi connectivity index (χ3v) is 2.55. The lowest BCUT2D eigenvalue weighted by Gasteiger charge is -1.99. The second kappa shape index (κ2) is 10.8. The minimum Gasteiger partial charge on any atom is -0.392 e. The first kappa shape index (κ1) is 13.7. The lowest BCUT2D eigenvalue weighted by molar-refractivity contribution is 0.331.